The molecule has 0 aromatic carbocycles. The Kier molecular flexibility index (Phi) is 6.06. The van der Waals surface area contributed by atoms with Crippen LogP contribution >= 0.6 is 7.60 Å². The molecule has 0 aliphatic carbocycles. The summed E-state index contributed by atoms with van der Waals surface area (Å²) in [5.74, 6) is 4.55. The number of hydrogen-bond acceptors (Lipinski definition) is 3. The van der Waals surface area contributed by atoms with Crippen molar-refractivity contribution in [1.82, 2.24) is 0 Å². The van der Waals surface area contributed by atoms with E-state index in [1.807, 2.05) is 0 Å². The van der Waals surface area contributed by atoms with Crippen molar-refractivity contribution in [3.8, 4) is 24.7 Å². The Balaban J connectivity index is 4.57. The Morgan fingerprint density at radius 2 is 2.20 bits per heavy atom. The van der Waals surface area contributed by atoms with E-state index in [1.165, 1.54) is 0 Å². The van der Waals surface area contributed by atoms with Crippen molar-refractivity contribution in [2.45, 2.75) is 20.0 Å². The second-order valence-electron chi connectivity index (χ2n) is 3.12. The van der Waals surface area contributed by atoms with E-state index >= 15 is 0 Å². The van der Waals surface area contributed by atoms with Gasteiger partial charge >= 0.3 is 7.60 Å². The van der Waals surface area contributed by atoms with Crippen LogP contribution in [0, 0.1) is 24.7 Å². The van der Waals surface area contributed by atoms with Crippen LogP contribution in [0.15, 0.2) is 12.2 Å². The van der Waals surface area contributed by atoms with Gasteiger partial charge in [-0.15, -0.1) is 12.8 Å². The fraction of sp³-hybridized carbons (Fsp3) is 0.455. The molecule has 2 atom stereocenters. The standard InChI is InChI=1S/C11H15O3P/c1-6-8-13-15(12,9-10(3)4)14-11(5)7-2/h1-2,11H,3,8-9H2,4-5H3. The van der Waals surface area contributed by atoms with Crippen molar-refractivity contribution in [3.05, 3.63) is 12.2 Å². The molecule has 0 rings (SSSR count). The zero-order valence-electron chi connectivity index (χ0n) is 9.03. The van der Waals surface area contributed by atoms with Gasteiger partial charge < -0.3 is 0 Å². The fourth-order valence-electron chi connectivity index (χ4n) is 0.851. The van der Waals surface area contributed by atoms with Gasteiger partial charge in [-0.25, -0.2) is 0 Å². The van der Waals surface area contributed by atoms with Gasteiger partial charge in [0.05, 0.1) is 6.16 Å². The van der Waals surface area contributed by atoms with E-state index in [0.717, 1.165) is 0 Å². The molecule has 0 aromatic heterocycles. The number of allylic oxidation sites excluding steroid dienone is 1. The van der Waals surface area contributed by atoms with Crippen LogP contribution in [0.1, 0.15) is 13.8 Å². The summed E-state index contributed by atoms with van der Waals surface area (Å²) in [6.07, 6.45) is 9.69. The topological polar surface area (TPSA) is 35.5 Å². The molecule has 0 aliphatic rings. The SMILES string of the molecule is C#CCOP(=O)(CC(=C)C)OC(C)C#C. The van der Waals surface area contributed by atoms with Gasteiger partial charge in [0, 0.05) is 0 Å². The zero-order valence-corrected chi connectivity index (χ0v) is 9.92. The molecule has 15 heavy (non-hydrogen) atoms. The van der Waals surface area contributed by atoms with Gasteiger partial charge in [-0.1, -0.05) is 24.0 Å². The summed E-state index contributed by atoms with van der Waals surface area (Å²) >= 11 is 0. The first kappa shape index (κ1) is 14.0. The fourth-order valence-corrected chi connectivity index (χ4v) is 2.55. The molecule has 2 unspecified atom stereocenters. The lowest BCUT2D eigenvalue weighted by Gasteiger charge is -2.19. The highest BCUT2D eigenvalue weighted by molar-refractivity contribution is 7.54. The quantitative estimate of drug-likeness (QED) is 0.396. The Morgan fingerprint density at radius 1 is 1.60 bits per heavy atom. The molecule has 0 radical (unpaired) electrons. The molecule has 0 bridgehead atoms. The van der Waals surface area contributed by atoms with Crippen LogP contribution in [0.2, 0.25) is 0 Å². The highest BCUT2D eigenvalue weighted by atomic mass is 31.2. The molecule has 0 saturated heterocycles. The van der Waals surface area contributed by atoms with E-state index < -0.39 is 13.7 Å². The van der Waals surface area contributed by atoms with Crippen LogP contribution in [-0.2, 0) is 13.6 Å². The zero-order chi connectivity index (χ0) is 11.9. The Labute approximate surface area is 91.4 Å². The summed E-state index contributed by atoms with van der Waals surface area (Å²) in [4.78, 5) is 0. The maximum atomic E-state index is 12.1. The first-order valence-electron chi connectivity index (χ1n) is 4.39. The molecule has 4 heteroatoms. The van der Waals surface area contributed by atoms with Crippen LogP contribution in [0.25, 0.3) is 0 Å². The van der Waals surface area contributed by atoms with E-state index in [4.69, 9.17) is 21.9 Å². The Hall–Kier alpha value is -0.990. The second-order valence-corrected chi connectivity index (χ2v) is 5.13. The lowest BCUT2D eigenvalue weighted by atomic mass is 10.4. The molecule has 0 heterocycles. The summed E-state index contributed by atoms with van der Waals surface area (Å²) in [7, 11) is -3.25. The third-order valence-electron chi connectivity index (χ3n) is 1.36. The predicted molar refractivity (Wildman–Crippen MR) is 61.5 cm³/mol. The van der Waals surface area contributed by atoms with Crippen LogP contribution in [-0.4, -0.2) is 18.9 Å². The minimum absolute atomic E-state index is 0.0676. The minimum atomic E-state index is -3.25. The third kappa shape index (κ3) is 6.15. The number of rotatable bonds is 6. The van der Waals surface area contributed by atoms with E-state index in [2.05, 4.69) is 18.4 Å². The average molecular weight is 226 g/mol. The highest BCUT2D eigenvalue weighted by Crippen LogP contribution is 2.50. The van der Waals surface area contributed by atoms with Crippen molar-refractivity contribution in [1.29, 1.82) is 0 Å². The van der Waals surface area contributed by atoms with Crippen molar-refractivity contribution in [2.75, 3.05) is 12.8 Å². The normalized spacial score (nSPS) is 15.7. The third-order valence-corrected chi connectivity index (χ3v) is 3.45. The molecule has 0 N–H and O–H groups in total. The van der Waals surface area contributed by atoms with E-state index in [0.29, 0.717) is 5.57 Å². The van der Waals surface area contributed by atoms with Crippen LogP contribution in [0.5, 0.6) is 0 Å². The molecule has 0 saturated carbocycles. The Bertz CT molecular complexity index is 346. The van der Waals surface area contributed by atoms with Crippen LogP contribution < -0.4 is 0 Å². The van der Waals surface area contributed by atoms with Gasteiger partial charge in [0.1, 0.15) is 12.7 Å². The molecule has 82 valence electrons. The molecule has 0 fully saturated rings. The highest BCUT2D eigenvalue weighted by Gasteiger charge is 2.26. The molecule has 0 aromatic rings. The van der Waals surface area contributed by atoms with Gasteiger partial charge in [-0.2, -0.15) is 0 Å². The maximum Gasteiger partial charge on any atom is 0.336 e. The number of hydrogen-bond donors (Lipinski definition) is 0. The van der Waals surface area contributed by atoms with Crippen molar-refractivity contribution >= 4 is 7.60 Å². The molecular weight excluding hydrogens is 211 g/mol. The van der Waals surface area contributed by atoms with Gasteiger partial charge in [-0.05, 0) is 13.8 Å². The summed E-state index contributed by atoms with van der Waals surface area (Å²) in [5.41, 5.74) is 0.694. The lowest BCUT2D eigenvalue weighted by molar-refractivity contribution is 0.202. The summed E-state index contributed by atoms with van der Waals surface area (Å²) < 4.78 is 22.2. The van der Waals surface area contributed by atoms with Gasteiger partial charge in [0.25, 0.3) is 0 Å². The monoisotopic (exact) mass is 226 g/mol. The first-order chi connectivity index (χ1) is 6.93. The van der Waals surface area contributed by atoms with Crippen molar-refractivity contribution in [3.63, 3.8) is 0 Å². The minimum Gasteiger partial charge on any atom is -0.295 e. The van der Waals surface area contributed by atoms with Gasteiger partial charge in [0.15, 0.2) is 0 Å². The van der Waals surface area contributed by atoms with Crippen molar-refractivity contribution in [2.24, 2.45) is 0 Å². The smallest absolute Gasteiger partial charge is 0.295 e. The van der Waals surface area contributed by atoms with Crippen molar-refractivity contribution < 1.29 is 13.6 Å². The molecular formula is C11H15O3P. The van der Waals surface area contributed by atoms with Gasteiger partial charge in [-0.3, -0.25) is 13.6 Å². The second kappa shape index (κ2) is 6.49. The Morgan fingerprint density at radius 3 is 2.60 bits per heavy atom. The van der Waals surface area contributed by atoms with E-state index in [1.54, 1.807) is 13.8 Å². The molecule has 0 spiro atoms. The number of terminal acetylenes is 2. The largest absolute Gasteiger partial charge is 0.336 e. The maximum absolute atomic E-state index is 12.1. The van der Waals surface area contributed by atoms with E-state index in [9.17, 15) is 4.57 Å². The first-order valence-corrected chi connectivity index (χ1v) is 6.12. The summed E-state index contributed by atoms with van der Waals surface area (Å²) in [6.45, 7) is 6.93. The average Bonchev–Trinajstić information content (AvgIpc) is 2.13. The summed E-state index contributed by atoms with van der Waals surface area (Å²) in [6, 6.07) is 0. The molecule has 0 aliphatic heterocycles. The predicted octanol–water partition coefficient (Wildman–Crippen LogP) is 2.44. The van der Waals surface area contributed by atoms with Gasteiger partial charge in [0.2, 0.25) is 0 Å². The lowest BCUT2D eigenvalue weighted by Crippen LogP contribution is -2.08. The van der Waals surface area contributed by atoms with Crippen LogP contribution in [0.4, 0.5) is 0 Å². The van der Waals surface area contributed by atoms with Crippen LogP contribution in [0.3, 0.4) is 0 Å². The molecule has 3 nitrogen and oxygen atoms in total. The summed E-state index contributed by atoms with van der Waals surface area (Å²) in [5, 5.41) is 0. The molecule has 0 amide bonds. The van der Waals surface area contributed by atoms with E-state index in [-0.39, 0.29) is 12.8 Å².